The van der Waals surface area contributed by atoms with Crippen LogP contribution < -0.4 is 20.1 Å². The van der Waals surface area contributed by atoms with Gasteiger partial charge >= 0.3 is 0 Å². The van der Waals surface area contributed by atoms with Crippen LogP contribution in [-0.4, -0.2) is 24.4 Å². The minimum atomic E-state index is -0.634. The summed E-state index contributed by atoms with van der Waals surface area (Å²) in [6, 6.07) is 10.3. The summed E-state index contributed by atoms with van der Waals surface area (Å²) < 4.78 is 10.6. The Morgan fingerprint density at radius 3 is 2.65 bits per heavy atom. The molecule has 2 aliphatic rings. The average Bonchev–Trinajstić information content (AvgIpc) is 3.07. The Balaban J connectivity index is 1.67. The maximum absolute atomic E-state index is 12.9. The summed E-state index contributed by atoms with van der Waals surface area (Å²) in [5.74, 6) is -0.483. The van der Waals surface area contributed by atoms with Crippen LogP contribution in [0.5, 0.6) is 11.5 Å². The number of rotatable bonds is 3. The topological polar surface area (TPSA) is 93.7 Å². The van der Waals surface area contributed by atoms with Crippen molar-refractivity contribution in [3.63, 3.8) is 0 Å². The number of ketones is 1. The van der Waals surface area contributed by atoms with Gasteiger partial charge in [-0.25, -0.2) is 0 Å². The highest BCUT2D eigenvalue weighted by molar-refractivity contribution is 6.08. The Labute approximate surface area is 149 Å². The third-order valence-corrected chi connectivity index (χ3v) is 4.47. The fourth-order valence-corrected chi connectivity index (χ4v) is 3.20. The summed E-state index contributed by atoms with van der Waals surface area (Å²) in [5.41, 5.74) is 2.04. The van der Waals surface area contributed by atoms with Crippen molar-refractivity contribution >= 4 is 29.0 Å². The molecule has 0 aliphatic carbocycles. The smallest absolute Gasteiger partial charge is 0.232 e. The molecular formula is C19H16N2O5. The molecule has 7 nitrogen and oxygen atoms in total. The molecule has 2 amide bonds. The molecule has 0 spiro atoms. The molecule has 26 heavy (non-hydrogen) atoms. The number of Topliss-reactive ketones (excluding diaryl/α,β-unsaturated/α-hetero) is 1. The van der Waals surface area contributed by atoms with E-state index in [1.54, 1.807) is 24.3 Å². The van der Waals surface area contributed by atoms with Crippen molar-refractivity contribution in [1.29, 1.82) is 0 Å². The zero-order valence-electron chi connectivity index (χ0n) is 14.0. The number of carbonyl (C=O) groups is 3. The zero-order valence-corrected chi connectivity index (χ0v) is 14.0. The average molecular weight is 352 g/mol. The predicted octanol–water partition coefficient (Wildman–Crippen LogP) is 2.68. The highest BCUT2D eigenvalue weighted by Crippen LogP contribution is 2.38. The highest BCUT2D eigenvalue weighted by atomic mass is 16.7. The third-order valence-electron chi connectivity index (χ3n) is 4.47. The summed E-state index contributed by atoms with van der Waals surface area (Å²) in [6.07, 6.45) is 0.0444. The Morgan fingerprint density at radius 1 is 1.15 bits per heavy atom. The molecule has 2 aromatic carbocycles. The Morgan fingerprint density at radius 2 is 1.88 bits per heavy atom. The van der Waals surface area contributed by atoms with E-state index >= 15 is 0 Å². The number of hydrogen-bond acceptors (Lipinski definition) is 5. The summed E-state index contributed by atoms with van der Waals surface area (Å²) in [6.45, 7) is 1.48. The number of anilines is 2. The van der Waals surface area contributed by atoms with Crippen LogP contribution in [0.15, 0.2) is 36.4 Å². The first kappa shape index (κ1) is 16.1. The number of nitrogens with one attached hydrogen (secondary N) is 2. The van der Waals surface area contributed by atoms with Gasteiger partial charge in [-0.3, -0.25) is 14.4 Å². The number of para-hydroxylation sites is 1. The first-order valence-electron chi connectivity index (χ1n) is 8.17. The van der Waals surface area contributed by atoms with Crippen LogP contribution in [0.1, 0.15) is 35.2 Å². The van der Waals surface area contributed by atoms with E-state index in [-0.39, 0.29) is 30.8 Å². The Hall–Kier alpha value is -3.35. The van der Waals surface area contributed by atoms with Crippen LogP contribution in [0.2, 0.25) is 0 Å². The van der Waals surface area contributed by atoms with E-state index in [4.69, 9.17) is 9.47 Å². The van der Waals surface area contributed by atoms with E-state index in [1.165, 1.54) is 6.92 Å². The number of carbonyl (C=O) groups excluding carboxylic acids is 3. The monoisotopic (exact) mass is 352 g/mol. The molecule has 132 valence electrons. The SMILES string of the molecule is CC(=O)c1cc2c(cc1NC(=O)C1CC(=O)Nc3ccccc31)OCO2. The maximum atomic E-state index is 12.9. The lowest BCUT2D eigenvalue weighted by Gasteiger charge is -2.25. The zero-order chi connectivity index (χ0) is 18.3. The summed E-state index contributed by atoms with van der Waals surface area (Å²) in [4.78, 5) is 36.8. The van der Waals surface area contributed by atoms with Crippen molar-refractivity contribution in [3.05, 3.63) is 47.5 Å². The van der Waals surface area contributed by atoms with Crippen LogP contribution in [0, 0.1) is 0 Å². The standard InChI is InChI=1S/C19H16N2O5/c1-10(22)12-6-16-17(26-9-25-16)8-15(12)21-19(24)13-7-18(23)20-14-5-3-2-4-11(13)14/h2-6,8,13H,7,9H2,1H3,(H,20,23)(H,21,24). The maximum Gasteiger partial charge on any atom is 0.232 e. The van der Waals surface area contributed by atoms with Gasteiger partial charge in [0.05, 0.1) is 11.6 Å². The Kier molecular flexibility index (Phi) is 3.84. The van der Waals surface area contributed by atoms with Gasteiger partial charge in [-0.2, -0.15) is 0 Å². The molecule has 2 heterocycles. The van der Waals surface area contributed by atoms with Crippen molar-refractivity contribution in [2.45, 2.75) is 19.3 Å². The lowest BCUT2D eigenvalue weighted by Crippen LogP contribution is -2.31. The molecule has 2 aliphatic heterocycles. The first-order valence-corrected chi connectivity index (χ1v) is 8.17. The Bertz CT molecular complexity index is 938. The minimum Gasteiger partial charge on any atom is -0.454 e. The molecule has 4 rings (SSSR count). The van der Waals surface area contributed by atoms with Gasteiger partial charge in [-0.05, 0) is 24.6 Å². The molecule has 0 saturated heterocycles. The number of fused-ring (bicyclic) bond motifs is 2. The summed E-state index contributed by atoms with van der Waals surface area (Å²) >= 11 is 0. The van der Waals surface area contributed by atoms with Gasteiger partial charge in [-0.15, -0.1) is 0 Å². The van der Waals surface area contributed by atoms with Gasteiger partial charge in [0.25, 0.3) is 0 Å². The van der Waals surface area contributed by atoms with E-state index in [9.17, 15) is 14.4 Å². The quantitative estimate of drug-likeness (QED) is 0.829. The molecule has 1 atom stereocenters. The minimum absolute atomic E-state index is 0.0444. The van der Waals surface area contributed by atoms with E-state index in [0.29, 0.717) is 28.4 Å². The number of benzene rings is 2. The van der Waals surface area contributed by atoms with Crippen molar-refractivity contribution < 1.29 is 23.9 Å². The second kappa shape index (κ2) is 6.18. The van der Waals surface area contributed by atoms with E-state index < -0.39 is 5.92 Å². The van der Waals surface area contributed by atoms with Crippen LogP contribution in [-0.2, 0) is 9.59 Å². The van der Waals surface area contributed by atoms with Gasteiger partial charge in [-0.1, -0.05) is 18.2 Å². The molecule has 2 aromatic rings. The molecule has 2 N–H and O–H groups in total. The molecular weight excluding hydrogens is 336 g/mol. The molecule has 0 saturated carbocycles. The van der Waals surface area contributed by atoms with E-state index in [2.05, 4.69) is 10.6 Å². The van der Waals surface area contributed by atoms with E-state index in [0.717, 1.165) is 5.56 Å². The summed E-state index contributed by atoms with van der Waals surface area (Å²) in [5, 5.41) is 5.54. The van der Waals surface area contributed by atoms with Crippen LogP contribution in [0.25, 0.3) is 0 Å². The van der Waals surface area contributed by atoms with Gasteiger partial charge in [0.2, 0.25) is 18.6 Å². The normalized spacial score (nSPS) is 17.3. The fourth-order valence-electron chi connectivity index (χ4n) is 3.20. The molecule has 0 aromatic heterocycles. The highest BCUT2D eigenvalue weighted by Gasteiger charge is 2.31. The second-order valence-corrected chi connectivity index (χ2v) is 6.19. The van der Waals surface area contributed by atoms with Crippen molar-refractivity contribution in [3.8, 4) is 11.5 Å². The lowest BCUT2D eigenvalue weighted by atomic mass is 9.89. The molecule has 7 heteroatoms. The number of ether oxygens (including phenoxy) is 2. The molecule has 0 fully saturated rings. The first-order chi connectivity index (χ1) is 12.5. The number of amides is 2. The van der Waals surface area contributed by atoms with Crippen molar-refractivity contribution in [2.24, 2.45) is 0 Å². The molecule has 0 bridgehead atoms. The van der Waals surface area contributed by atoms with Crippen LogP contribution in [0.3, 0.4) is 0 Å². The fraction of sp³-hybridized carbons (Fsp3) is 0.211. The van der Waals surface area contributed by atoms with Crippen molar-refractivity contribution in [1.82, 2.24) is 0 Å². The van der Waals surface area contributed by atoms with E-state index in [1.807, 2.05) is 12.1 Å². The van der Waals surface area contributed by atoms with Gasteiger partial charge in [0, 0.05) is 23.7 Å². The second-order valence-electron chi connectivity index (χ2n) is 6.19. The van der Waals surface area contributed by atoms with Crippen LogP contribution in [0.4, 0.5) is 11.4 Å². The molecule has 0 radical (unpaired) electrons. The van der Waals surface area contributed by atoms with Gasteiger partial charge in [0.15, 0.2) is 17.3 Å². The third kappa shape index (κ3) is 2.77. The molecule has 1 unspecified atom stereocenters. The van der Waals surface area contributed by atoms with Gasteiger partial charge in [0.1, 0.15) is 0 Å². The summed E-state index contributed by atoms with van der Waals surface area (Å²) in [7, 11) is 0. The van der Waals surface area contributed by atoms with Gasteiger partial charge < -0.3 is 20.1 Å². The number of hydrogen-bond donors (Lipinski definition) is 2. The largest absolute Gasteiger partial charge is 0.454 e. The lowest BCUT2D eigenvalue weighted by molar-refractivity contribution is -0.123. The van der Waals surface area contributed by atoms with Crippen LogP contribution >= 0.6 is 0 Å². The van der Waals surface area contributed by atoms with Crippen molar-refractivity contribution in [2.75, 3.05) is 17.4 Å². The predicted molar refractivity (Wildman–Crippen MR) is 93.6 cm³/mol.